The minimum atomic E-state index is -0.0626. The van der Waals surface area contributed by atoms with Crippen molar-refractivity contribution in [1.29, 1.82) is 0 Å². The topological polar surface area (TPSA) is 38.1 Å². The van der Waals surface area contributed by atoms with Gasteiger partial charge in [-0.25, -0.2) is 0 Å². The number of hydrogen-bond donors (Lipinski definition) is 0. The molecule has 1 heterocycles. The number of amides is 1. The number of carbonyl (C=O) groups is 1. The van der Waals surface area contributed by atoms with Gasteiger partial charge in [0.05, 0.1) is 0 Å². The van der Waals surface area contributed by atoms with E-state index >= 15 is 0 Å². The molecule has 0 aliphatic carbocycles. The Morgan fingerprint density at radius 2 is 2.06 bits per heavy atom. The van der Waals surface area contributed by atoms with Crippen LogP contribution in [0.15, 0.2) is 36.5 Å². The summed E-state index contributed by atoms with van der Waals surface area (Å²) in [4.78, 5) is 14.1. The van der Waals surface area contributed by atoms with Gasteiger partial charge in [-0.2, -0.15) is 5.10 Å². The van der Waals surface area contributed by atoms with E-state index in [0.717, 1.165) is 11.3 Å². The summed E-state index contributed by atoms with van der Waals surface area (Å²) >= 11 is 0. The van der Waals surface area contributed by atoms with Crippen LogP contribution in [0.1, 0.15) is 23.0 Å². The van der Waals surface area contributed by atoms with Crippen molar-refractivity contribution in [2.24, 2.45) is 7.05 Å². The standard InChI is InChI=1S/C14H17N3O/c1-4-17(13-8-6-5-7-11(13)2)14(18)12-9-10-16(3)15-12/h5-10H,4H2,1-3H3. The summed E-state index contributed by atoms with van der Waals surface area (Å²) < 4.78 is 1.64. The fourth-order valence-electron chi connectivity index (χ4n) is 1.96. The molecule has 0 radical (unpaired) electrons. The molecule has 0 spiro atoms. The zero-order chi connectivity index (χ0) is 13.1. The molecule has 0 aliphatic heterocycles. The molecule has 0 atom stereocenters. The first-order valence-electron chi connectivity index (χ1n) is 6.00. The first-order chi connectivity index (χ1) is 8.63. The van der Waals surface area contributed by atoms with E-state index in [1.807, 2.05) is 38.1 Å². The largest absolute Gasteiger partial charge is 0.307 e. The molecule has 2 aromatic rings. The van der Waals surface area contributed by atoms with Crippen molar-refractivity contribution >= 4 is 11.6 Å². The smallest absolute Gasteiger partial charge is 0.278 e. The second kappa shape index (κ2) is 5.04. The lowest BCUT2D eigenvalue weighted by molar-refractivity contribution is 0.0982. The molecule has 0 saturated heterocycles. The maximum atomic E-state index is 12.4. The molecule has 0 N–H and O–H groups in total. The average molecular weight is 243 g/mol. The molecule has 4 nitrogen and oxygen atoms in total. The third kappa shape index (κ3) is 2.27. The Morgan fingerprint density at radius 3 is 2.61 bits per heavy atom. The van der Waals surface area contributed by atoms with Crippen molar-refractivity contribution in [3.05, 3.63) is 47.8 Å². The molecular weight excluding hydrogens is 226 g/mol. The number of hydrogen-bond acceptors (Lipinski definition) is 2. The van der Waals surface area contributed by atoms with Crippen molar-refractivity contribution in [2.75, 3.05) is 11.4 Å². The zero-order valence-corrected chi connectivity index (χ0v) is 10.9. The van der Waals surface area contributed by atoms with Gasteiger partial charge < -0.3 is 4.90 Å². The second-order valence-corrected chi connectivity index (χ2v) is 4.21. The number of anilines is 1. The summed E-state index contributed by atoms with van der Waals surface area (Å²) in [5.74, 6) is -0.0626. The van der Waals surface area contributed by atoms with Gasteiger partial charge in [-0.1, -0.05) is 18.2 Å². The number of carbonyl (C=O) groups excluding carboxylic acids is 1. The van der Waals surface area contributed by atoms with Gasteiger partial charge in [0.15, 0.2) is 5.69 Å². The summed E-state index contributed by atoms with van der Waals surface area (Å²) in [5.41, 5.74) is 2.50. The lowest BCUT2D eigenvalue weighted by Crippen LogP contribution is -2.31. The quantitative estimate of drug-likeness (QED) is 0.830. The summed E-state index contributed by atoms with van der Waals surface area (Å²) in [7, 11) is 1.81. The third-order valence-corrected chi connectivity index (χ3v) is 2.90. The molecule has 0 bridgehead atoms. The van der Waals surface area contributed by atoms with Gasteiger partial charge in [0.25, 0.3) is 5.91 Å². The van der Waals surface area contributed by atoms with E-state index in [2.05, 4.69) is 5.10 Å². The molecule has 4 heteroatoms. The fourth-order valence-corrected chi connectivity index (χ4v) is 1.96. The van der Waals surface area contributed by atoms with Crippen molar-refractivity contribution in [3.8, 4) is 0 Å². The predicted molar refractivity (Wildman–Crippen MR) is 71.7 cm³/mol. The molecule has 0 fully saturated rings. The van der Waals surface area contributed by atoms with E-state index in [1.54, 1.807) is 28.9 Å². The molecule has 1 aromatic carbocycles. The maximum absolute atomic E-state index is 12.4. The van der Waals surface area contributed by atoms with E-state index in [4.69, 9.17) is 0 Å². The minimum absolute atomic E-state index is 0.0626. The van der Waals surface area contributed by atoms with Gasteiger partial charge in [0.2, 0.25) is 0 Å². The van der Waals surface area contributed by atoms with E-state index in [9.17, 15) is 4.79 Å². The van der Waals surface area contributed by atoms with Crippen LogP contribution in [0.2, 0.25) is 0 Å². The van der Waals surface area contributed by atoms with Crippen LogP contribution in [0, 0.1) is 6.92 Å². The number of nitrogens with zero attached hydrogens (tertiary/aromatic N) is 3. The highest BCUT2D eigenvalue weighted by Crippen LogP contribution is 2.20. The van der Waals surface area contributed by atoms with Gasteiger partial charge in [0, 0.05) is 25.5 Å². The molecule has 1 amide bonds. The summed E-state index contributed by atoms with van der Waals surface area (Å²) in [6.45, 7) is 4.59. The van der Waals surface area contributed by atoms with E-state index in [-0.39, 0.29) is 5.91 Å². The Balaban J connectivity index is 2.35. The molecule has 18 heavy (non-hydrogen) atoms. The first kappa shape index (κ1) is 12.4. The van der Waals surface area contributed by atoms with E-state index < -0.39 is 0 Å². The number of rotatable bonds is 3. The van der Waals surface area contributed by atoms with Gasteiger partial charge in [0.1, 0.15) is 0 Å². The van der Waals surface area contributed by atoms with Crippen LogP contribution in [0.4, 0.5) is 5.69 Å². The average Bonchev–Trinajstić information content (AvgIpc) is 2.79. The summed E-state index contributed by atoms with van der Waals surface area (Å²) in [6.07, 6.45) is 1.78. The van der Waals surface area contributed by atoms with Crippen LogP contribution >= 0.6 is 0 Å². The SMILES string of the molecule is CCN(C(=O)c1ccn(C)n1)c1ccccc1C. The fraction of sp³-hybridized carbons (Fsp3) is 0.286. The van der Waals surface area contributed by atoms with Gasteiger partial charge in [-0.15, -0.1) is 0 Å². The zero-order valence-electron chi connectivity index (χ0n) is 10.9. The number of aryl methyl sites for hydroxylation is 2. The molecule has 0 aliphatic rings. The van der Waals surface area contributed by atoms with Crippen LogP contribution in [0.3, 0.4) is 0 Å². The number of benzene rings is 1. The lowest BCUT2D eigenvalue weighted by atomic mass is 10.1. The number of para-hydroxylation sites is 1. The lowest BCUT2D eigenvalue weighted by Gasteiger charge is -2.21. The molecule has 94 valence electrons. The van der Waals surface area contributed by atoms with Crippen molar-refractivity contribution in [2.45, 2.75) is 13.8 Å². The molecule has 0 saturated carbocycles. The summed E-state index contributed by atoms with van der Waals surface area (Å²) in [6, 6.07) is 9.61. The molecule has 1 aromatic heterocycles. The minimum Gasteiger partial charge on any atom is -0.307 e. The summed E-state index contributed by atoms with van der Waals surface area (Å²) in [5, 5.41) is 4.16. The highest BCUT2D eigenvalue weighted by atomic mass is 16.2. The molecule has 2 rings (SSSR count). The highest BCUT2D eigenvalue weighted by Gasteiger charge is 2.19. The van der Waals surface area contributed by atoms with Crippen molar-refractivity contribution in [3.63, 3.8) is 0 Å². The monoisotopic (exact) mass is 243 g/mol. The second-order valence-electron chi connectivity index (χ2n) is 4.21. The highest BCUT2D eigenvalue weighted by molar-refractivity contribution is 6.05. The normalized spacial score (nSPS) is 10.4. The molecular formula is C14H17N3O. The maximum Gasteiger partial charge on any atom is 0.278 e. The van der Waals surface area contributed by atoms with Crippen LogP contribution in [-0.2, 0) is 7.05 Å². The van der Waals surface area contributed by atoms with Gasteiger partial charge >= 0.3 is 0 Å². The van der Waals surface area contributed by atoms with E-state index in [1.165, 1.54) is 0 Å². The van der Waals surface area contributed by atoms with Crippen LogP contribution < -0.4 is 4.90 Å². The van der Waals surface area contributed by atoms with Crippen LogP contribution in [0.5, 0.6) is 0 Å². The van der Waals surface area contributed by atoms with Crippen LogP contribution in [-0.4, -0.2) is 22.2 Å². The van der Waals surface area contributed by atoms with Crippen molar-refractivity contribution in [1.82, 2.24) is 9.78 Å². The first-order valence-corrected chi connectivity index (χ1v) is 6.00. The Bertz CT molecular complexity index is 560. The van der Waals surface area contributed by atoms with E-state index in [0.29, 0.717) is 12.2 Å². The Morgan fingerprint density at radius 1 is 1.33 bits per heavy atom. The third-order valence-electron chi connectivity index (χ3n) is 2.90. The van der Waals surface area contributed by atoms with Gasteiger partial charge in [-0.3, -0.25) is 9.48 Å². The Kier molecular flexibility index (Phi) is 3.46. The number of aromatic nitrogens is 2. The Labute approximate surface area is 107 Å². The van der Waals surface area contributed by atoms with Crippen molar-refractivity contribution < 1.29 is 4.79 Å². The predicted octanol–water partition coefficient (Wildman–Crippen LogP) is 2.40. The molecule has 0 unspecified atom stereocenters. The Hall–Kier alpha value is -2.10. The van der Waals surface area contributed by atoms with Gasteiger partial charge in [-0.05, 0) is 31.5 Å². The van der Waals surface area contributed by atoms with Crippen LogP contribution in [0.25, 0.3) is 0 Å².